The minimum absolute atomic E-state index is 0. The summed E-state index contributed by atoms with van der Waals surface area (Å²) < 4.78 is 0. The zero-order valence-corrected chi connectivity index (χ0v) is 9.77. The van der Waals surface area contributed by atoms with Crippen molar-refractivity contribution in [3.63, 3.8) is 0 Å². The molecule has 0 aromatic heterocycles. The van der Waals surface area contributed by atoms with E-state index in [4.69, 9.17) is 0 Å². The number of carboxylic acid groups (broad SMARTS) is 1. The van der Waals surface area contributed by atoms with Crippen molar-refractivity contribution in [3.05, 3.63) is 24.3 Å². The predicted octanol–water partition coefficient (Wildman–Crippen LogP) is -3.41. The number of nitrogens with zero attached hydrogens (tertiary/aromatic N) is 1. The maximum atomic E-state index is 11.8. The minimum atomic E-state index is -1.24. The van der Waals surface area contributed by atoms with Crippen LogP contribution in [-0.2, 0) is 9.59 Å². The summed E-state index contributed by atoms with van der Waals surface area (Å²) in [7, 11) is 1.63. The second-order valence-corrected chi connectivity index (χ2v) is 3.69. The van der Waals surface area contributed by atoms with Crippen molar-refractivity contribution in [2.45, 2.75) is 12.5 Å². The maximum absolute atomic E-state index is 11.8. The van der Waals surface area contributed by atoms with Gasteiger partial charge in [-0.1, -0.05) is 12.1 Å². The van der Waals surface area contributed by atoms with E-state index in [2.05, 4.69) is 5.32 Å². The van der Waals surface area contributed by atoms with E-state index >= 15 is 0 Å². The fourth-order valence-electron chi connectivity index (χ4n) is 1.80. The molecule has 0 bridgehead atoms. The molecular formula is C11H11LiN2O3. The van der Waals surface area contributed by atoms with Gasteiger partial charge in [0.25, 0.3) is 0 Å². The molecule has 1 aromatic rings. The number of carbonyl (C=O) groups excluding carboxylic acids is 2. The first-order chi connectivity index (χ1) is 7.59. The van der Waals surface area contributed by atoms with Gasteiger partial charge in [-0.2, -0.15) is 0 Å². The third-order valence-corrected chi connectivity index (χ3v) is 2.59. The molecule has 1 heterocycles. The quantitative estimate of drug-likeness (QED) is 0.533. The number of carbonyl (C=O) groups is 2. The molecule has 1 unspecified atom stereocenters. The fraction of sp³-hybridized carbons (Fsp3) is 0.273. The number of likely N-dealkylation sites (N-methyl/N-ethyl adjacent to an activating group) is 1. The molecule has 6 heteroatoms. The van der Waals surface area contributed by atoms with Crippen LogP contribution in [0.25, 0.3) is 0 Å². The summed E-state index contributed by atoms with van der Waals surface area (Å²) in [5, 5.41) is 13.4. The summed E-state index contributed by atoms with van der Waals surface area (Å²) in [5.74, 6) is -1.50. The second kappa shape index (κ2) is 5.26. The number of nitrogens with one attached hydrogen (secondary N) is 1. The van der Waals surface area contributed by atoms with Crippen LogP contribution in [0.2, 0.25) is 0 Å². The molecule has 1 N–H and O–H groups in total. The largest absolute Gasteiger partial charge is 1.00 e. The number of carboxylic acids is 1. The molecule has 1 amide bonds. The van der Waals surface area contributed by atoms with E-state index in [1.807, 2.05) is 12.1 Å². The smallest absolute Gasteiger partial charge is 0.550 e. The van der Waals surface area contributed by atoms with Crippen LogP contribution in [0.1, 0.15) is 6.42 Å². The van der Waals surface area contributed by atoms with E-state index in [1.165, 1.54) is 4.90 Å². The molecule has 0 radical (unpaired) electrons. The van der Waals surface area contributed by atoms with Crippen LogP contribution in [0.5, 0.6) is 0 Å². The van der Waals surface area contributed by atoms with E-state index in [0.717, 1.165) is 11.4 Å². The van der Waals surface area contributed by atoms with Crippen molar-refractivity contribution >= 4 is 23.3 Å². The average Bonchev–Trinajstić information content (AvgIpc) is 2.25. The van der Waals surface area contributed by atoms with Crippen molar-refractivity contribution in [2.24, 2.45) is 0 Å². The van der Waals surface area contributed by atoms with Gasteiger partial charge in [-0.25, -0.2) is 0 Å². The number of para-hydroxylation sites is 2. The van der Waals surface area contributed by atoms with E-state index in [1.54, 1.807) is 19.2 Å². The molecule has 0 fully saturated rings. The SMILES string of the molecule is CN1C(=O)C(CC(=O)[O-])Nc2ccccc21.[Li+]. The molecule has 1 atom stereocenters. The van der Waals surface area contributed by atoms with Crippen molar-refractivity contribution in [1.29, 1.82) is 0 Å². The van der Waals surface area contributed by atoms with Crippen LogP contribution in [-0.4, -0.2) is 25.0 Å². The summed E-state index contributed by atoms with van der Waals surface area (Å²) in [4.78, 5) is 23.8. The van der Waals surface area contributed by atoms with Crippen molar-refractivity contribution in [2.75, 3.05) is 17.3 Å². The van der Waals surface area contributed by atoms with Gasteiger partial charge in [-0.3, -0.25) is 4.79 Å². The van der Waals surface area contributed by atoms with Gasteiger partial charge in [0, 0.05) is 19.4 Å². The molecule has 0 spiro atoms. The number of hydrogen-bond acceptors (Lipinski definition) is 4. The van der Waals surface area contributed by atoms with Gasteiger partial charge in [0.15, 0.2) is 0 Å². The molecule has 0 aliphatic carbocycles. The van der Waals surface area contributed by atoms with E-state index in [0.29, 0.717) is 0 Å². The van der Waals surface area contributed by atoms with Gasteiger partial charge in [0.05, 0.1) is 11.4 Å². The Morgan fingerprint density at radius 2 is 2.12 bits per heavy atom. The standard InChI is InChI=1S/C11H12N2O3.Li/c1-13-9-5-3-2-4-7(9)12-8(11(13)16)6-10(14)15;/h2-5,8,12H,6H2,1H3,(H,14,15);/q;+1/p-1. The Kier molecular flexibility index (Phi) is 4.21. The summed E-state index contributed by atoms with van der Waals surface area (Å²) in [5.41, 5.74) is 1.51. The van der Waals surface area contributed by atoms with E-state index < -0.39 is 12.0 Å². The summed E-state index contributed by atoms with van der Waals surface area (Å²) >= 11 is 0. The molecule has 5 nitrogen and oxygen atoms in total. The normalized spacial score (nSPS) is 17.8. The Labute approximate surface area is 111 Å². The topological polar surface area (TPSA) is 72.5 Å². The van der Waals surface area contributed by atoms with Crippen molar-refractivity contribution in [3.8, 4) is 0 Å². The number of benzene rings is 1. The minimum Gasteiger partial charge on any atom is -0.550 e. The second-order valence-electron chi connectivity index (χ2n) is 3.69. The number of amides is 1. The Morgan fingerprint density at radius 1 is 1.47 bits per heavy atom. The Bertz CT molecular complexity index is 450. The zero-order chi connectivity index (χ0) is 11.7. The number of rotatable bonds is 2. The average molecular weight is 226 g/mol. The summed E-state index contributed by atoms with van der Waals surface area (Å²) in [6.07, 6.45) is -0.322. The monoisotopic (exact) mass is 226 g/mol. The fourth-order valence-corrected chi connectivity index (χ4v) is 1.80. The first-order valence-corrected chi connectivity index (χ1v) is 4.92. The first kappa shape index (κ1) is 13.6. The number of aliphatic carboxylic acids is 1. The van der Waals surface area contributed by atoms with Gasteiger partial charge in [-0.05, 0) is 12.1 Å². The Hall–Kier alpha value is -1.44. The Balaban J connectivity index is 0.00000144. The van der Waals surface area contributed by atoms with Crippen LogP contribution in [0.4, 0.5) is 11.4 Å². The summed E-state index contributed by atoms with van der Waals surface area (Å²) in [6, 6.07) is 6.51. The molecular weight excluding hydrogens is 215 g/mol. The van der Waals surface area contributed by atoms with Crippen LogP contribution < -0.4 is 34.2 Å². The predicted molar refractivity (Wildman–Crippen MR) is 56.9 cm³/mol. The zero-order valence-electron chi connectivity index (χ0n) is 9.77. The van der Waals surface area contributed by atoms with Gasteiger partial charge in [-0.15, -0.1) is 0 Å². The number of fused-ring (bicyclic) bond motifs is 1. The molecule has 0 saturated heterocycles. The molecule has 1 aliphatic heterocycles. The van der Waals surface area contributed by atoms with Gasteiger partial charge >= 0.3 is 18.9 Å². The molecule has 84 valence electrons. The van der Waals surface area contributed by atoms with Crippen molar-refractivity contribution < 1.29 is 33.6 Å². The number of hydrogen-bond donors (Lipinski definition) is 1. The summed E-state index contributed by atoms with van der Waals surface area (Å²) in [6.45, 7) is 0. The van der Waals surface area contributed by atoms with Gasteiger partial charge < -0.3 is 20.1 Å². The third-order valence-electron chi connectivity index (χ3n) is 2.59. The van der Waals surface area contributed by atoms with Crippen LogP contribution in [0, 0.1) is 0 Å². The molecule has 17 heavy (non-hydrogen) atoms. The van der Waals surface area contributed by atoms with Gasteiger partial charge in [0.1, 0.15) is 6.04 Å². The molecule has 2 rings (SSSR count). The number of anilines is 2. The molecule has 0 saturated carbocycles. The van der Waals surface area contributed by atoms with Crippen LogP contribution >= 0.6 is 0 Å². The van der Waals surface area contributed by atoms with E-state index in [9.17, 15) is 14.7 Å². The molecule has 1 aromatic carbocycles. The Morgan fingerprint density at radius 3 is 2.76 bits per heavy atom. The van der Waals surface area contributed by atoms with E-state index in [-0.39, 0.29) is 31.2 Å². The third kappa shape index (κ3) is 2.63. The van der Waals surface area contributed by atoms with Gasteiger partial charge in [0.2, 0.25) is 5.91 Å². The van der Waals surface area contributed by atoms with Crippen LogP contribution in [0.3, 0.4) is 0 Å². The maximum Gasteiger partial charge on any atom is 1.00 e. The molecule has 1 aliphatic rings. The van der Waals surface area contributed by atoms with Crippen LogP contribution in [0.15, 0.2) is 24.3 Å². The first-order valence-electron chi connectivity index (χ1n) is 4.92. The van der Waals surface area contributed by atoms with Crippen molar-refractivity contribution in [1.82, 2.24) is 0 Å².